The summed E-state index contributed by atoms with van der Waals surface area (Å²) in [7, 11) is 0. The molecule has 0 saturated heterocycles. The Morgan fingerprint density at radius 3 is 2.50 bits per heavy atom. The number of nitrogens with one attached hydrogen (secondary N) is 1. The Kier molecular flexibility index (Phi) is 4.29. The van der Waals surface area contributed by atoms with Gasteiger partial charge in [0.15, 0.2) is 0 Å². The molecule has 0 saturated carbocycles. The Bertz CT molecular complexity index is 717. The van der Waals surface area contributed by atoms with E-state index < -0.39 is 11.2 Å². The Labute approximate surface area is 120 Å². The molecule has 106 valence electrons. The van der Waals surface area contributed by atoms with Crippen molar-refractivity contribution in [2.24, 2.45) is 0 Å². The Hall–Kier alpha value is -2.01. The lowest BCUT2D eigenvalue weighted by Gasteiger charge is -2.08. The van der Waals surface area contributed by atoms with Gasteiger partial charge in [0.1, 0.15) is 10.9 Å². The minimum atomic E-state index is -0.562. The minimum Gasteiger partial charge on any atom is -0.494 e. The molecule has 2 aromatic rings. The molecule has 20 heavy (non-hydrogen) atoms. The molecule has 6 heteroatoms. The number of nitrogens with zero attached hydrogens (tertiary/aromatic N) is 1. The molecule has 0 spiro atoms. The lowest BCUT2D eigenvalue weighted by molar-refractivity contribution is 0.317. The van der Waals surface area contributed by atoms with Crippen molar-refractivity contribution in [1.82, 2.24) is 9.55 Å². The summed E-state index contributed by atoms with van der Waals surface area (Å²) in [6.07, 6.45) is 0.914. The Morgan fingerprint density at radius 1 is 1.25 bits per heavy atom. The SMILES string of the molecule is CCCOc1ccc(-n2c(=O)[nH]c(Cl)c(C)c2=O)cc1. The number of ether oxygens (including phenoxy) is 1. The maximum atomic E-state index is 12.1. The second-order valence-electron chi connectivity index (χ2n) is 4.35. The molecule has 0 amide bonds. The highest BCUT2D eigenvalue weighted by Gasteiger charge is 2.10. The number of halogens is 1. The van der Waals surface area contributed by atoms with Gasteiger partial charge in [0.05, 0.1) is 17.9 Å². The van der Waals surface area contributed by atoms with Crippen LogP contribution in [0.4, 0.5) is 0 Å². The second kappa shape index (κ2) is 5.96. The number of benzene rings is 1. The van der Waals surface area contributed by atoms with Crippen molar-refractivity contribution in [2.45, 2.75) is 20.3 Å². The summed E-state index contributed by atoms with van der Waals surface area (Å²) in [5.41, 5.74) is -0.216. The van der Waals surface area contributed by atoms with E-state index in [0.717, 1.165) is 11.0 Å². The van der Waals surface area contributed by atoms with Gasteiger partial charge < -0.3 is 4.74 Å². The van der Waals surface area contributed by atoms with Gasteiger partial charge in [0, 0.05) is 0 Å². The number of hydrogen-bond donors (Lipinski definition) is 1. The molecule has 1 aromatic carbocycles. The average molecular weight is 295 g/mol. The van der Waals surface area contributed by atoms with Gasteiger partial charge in [-0.3, -0.25) is 9.78 Å². The maximum absolute atomic E-state index is 12.1. The van der Waals surface area contributed by atoms with E-state index in [1.807, 2.05) is 6.92 Å². The zero-order valence-corrected chi connectivity index (χ0v) is 12.0. The first-order valence-corrected chi connectivity index (χ1v) is 6.67. The quantitative estimate of drug-likeness (QED) is 0.880. The monoisotopic (exact) mass is 294 g/mol. The largest absolute Gasteiger partial charge is 0.494 e. The van der Waals surface area contributed by atoms with Crippen molar-refractivity contribution >= 4 is 11.6 Å². The van der Waals surface area contributed by atoms with Crippen LogP contribution in [0.1, 0.15) is 18.9 Å². The van der Waals surface area contributed by atoms with Crippen molar-refractivity contribution in [3.8, 4) is 11.4 Å². The third-order valence-corrected chi connectivity index (χ3v) is 3.22. The molecule has 1 aromatic heterocycles. The second-order valence-corrected chi connectivity index (χ2v) is 4.73. The highest BCUT2D eigenvalue weighted by atomic mass is 35.5. The molecule has 1 N–H and O–H groups in total. The van der Waals surface area contributed by atoms with E-state index in [0.29, 0.717) is 23.6 Å². The van der Waals surface area contributed by atoms with Crippen LogP contribution in [0.25, 0.3) is 5.69 Å². The normalized spacial score (nSPS) is 10.6. The van der Waals surface area contributed by atoms with E-state index in [9.17, 15) is 9.59 Å². The van der Waals surface area contributed by atoms with E-state index in [1.54, 1.807) is 31.2 Å². The first-order chi connectivity index (χ1) is 9.54. The summed E-state index contributed by atoms with van der Waals surface area (Å²) in [5.74, 6) is 0.700. The molecule has 0 radical (unpaired) electrons. The van der Waals surface area contributed by atoms with Gasteiger partial charge in [-0.15, -0.1) is 0 Å². The number of aromatic nitrogens is 2. The van der Waals surface area contributed by atoms with E-state index in [-0.39, 0.29) is 5.15 Å². The predicted octanol–water partition coefficient (Wildman–Crippen LogP) is 2.28. The number of aromatic amines is 1. The van der Waals surface area contributed by atoms with Crippen molar-refractivity contribution < 1.29 is 4.74 Å². The predicted molar refractivity (Wildman–Crippen MR) is 78.2 cm³/mol. The van der Waals surface area contributed by atoms with Gasteiger partial charge in [-0.2, -0.15) is 0 Å². The summed E-state index contributed by atoms with van der Waals surface area (Å²) >= 11 is 5.77. The van der Waals surface area contributed by atoms with Crippen LogP contribution >= 0.6 is 11.6 Å². The summed E-state index contributed by atoms with van der Waals surface area (Å²) in [6.45, 7) is 4.21. The van der Waals surface area contributed by atoms with Crippen LogP contribution in [0.15, 0.2) is 33.9 Å². The molecular weight excluding hydrogens is 280 g/mol. The molecule has 0 unspecified atom stereocenters. The van der Waals surface area contributed by atoms with Crippen LogP contribution in [-0.4, -0.2) is 16.2 Å². The highest BCUT2D eigenvalue weighted by Crippen LogP contribution is 2.14. The fourth-order valence-corrected chi connectivity index (χ4v) is 1.90. The Morgan fingerprint density at radius 2 is 1.90 bits per heavy atom. The molecule has 0 aliphatic heterocycles. The fourth-order valence-electron chi connectivity index (χ4n) is 1.74. The minimum absolute atomic E-state index is 0.0687. The molecule has 0 fully saturated rings. The van der Waals surface area contributed by atoms with E-state index in [2.05, 4.69) is 4.98 Å². The molecule has 5 nitrogen and oxygen atoms in total. The number of hydrogen-bond acceptors (Lipinski definition) is 3. The zero-order chi connectivity index (χ0) is 14.7. The van der Waals surface area contributed by atoms with Crippen LogP contribution < -0.4 is 16.0 Å². The lowest BCUT2D eigenvalue weighted by Crippen LogP contribution is -2.35. The van der Waals surface area contributed by atoms with Crippen molar-refractivity contribution in [3.05, 3.63) is 55.8 Å². The average Bonchev–Trinajstić information content (AvgIpc) is 2.44. The highest BCUT2D eigenvalue weighted by molar-refractivity contribution is 6.30. The van der Waals surface area contributed by atoms with Gasteiger partial charge >= 0.3 is 5.69 Å². The van der Waals surface area contributed by atoms with Crippen molar-refractivity contribution in [3.63, 3.8) is 0 Å². The molecule has 0 aliphatic carbocycles. The van der Waals surface area contributed by atoms with Gasteiger partial charge in [0.2, 0.25) is 0 Å². The number of H-pyrrole nitrogens is 1. The molecule has 2 rings (SSSR count). The standard InChI is InChI=1S/C14H15ClN2O3/c1-3-8-20-11-6-4-10(5-7-11)17-13(18)9(2)12(15)16-14(17)19/h4-7H,3,8H2,1-2H3,(H,16,19). The zero-order valence-electron chi connectivity index (χ0n) is 11.3. The first-order valence-electron chi connectivity index (χ1n) is 6.29. The van der Waals surface area contributed by atoms with E-state index in [4.69, 9.17) is 16.3 Å². The number of rotatable bonds is 4. The summed E-state index contributed by atoms with van der Waals surface area (Å²) in [4.78, 5) is 26.4. The van der Waals surface area contributed by atoms with Gasteiger partial charge in [0.25, 0.3) is 5.56 Å². The van der Waals surface area contributed by atoms with Crippen LogP contribution in [0, 0.1) is 6.92 Å². The van der Waals surface area contributed by atoms with Crippen LogP contribution in [0.5, 0.6) is 5.75 Å². The Balaban J connectivity index is 2.45. The van der Waals surface area contributed by atoms with Crippen molar-refractivity contribution in [2.75, 3.05) is 6.61 Å². The molecule has 0 atom stereocenters. The van der Waals surface area contributed by atoms with Crippen LogP contribution in [-0.2, 0) is 0 Å². The van der Waals surface area contributed by atoms with E-state index in [1.165, 1.54) is 0 Å². The van der Waals surface area contributed by atoms with E-state index >= 15 is 0 Å². The van der Waals surface area contributed by atoms with Gasteiger partial charge in [-0.25, -0.2) is 9.36 Å². The van der Waals surface area contributed by atoms with Crippen LogP contribution in [0.2, 0.25) is 5.15 Å². The smallest absolute Gasteiger partial charge is 0.334 e. The third-order valence-electron chi connectivity index (χ3n) is 2.84. The molecular formula is C14H15ClN2O3. The van der Waals surface area contributed by atoms with Crippen molar-refractivity contribution in [1.29, 1.82) is 0 Å². The topological polar surface area (TPSA) is 64.1 Å². The third kappa shape index (κ3) is 2.77. The lowest BCUT2D eigenvalue weighted by atomic mass is 10.3. The fraction of sp³-hybridized carbons (Fsp3) is 0.286. The molecule has 0 aliphatic rings. The summed E-state index contributed by atoms with van der Waals surface area (Å²) in [6, 6.07) is 6.77. The first kappa shape index (κ1) is 14.4. The summed E-state index contributed by atoms with van der Waals surface area (Å²) < 4.78 is 6.50. The van der Waals surface area contributed by atoms with Gasteiger partial charge in [-0.05, 0) is 37.6 Å². The summed E-state index contributed by atoms with van der Waals surface area (Å²) in [5, 5.41) is 0.0687. The van der Waals surface area contributed by atoms with Gasteiger partial charge in [-0.1, -0.05) is 18.5 Å². The molecule has 1 heterocycles. The maximum Gasteiger partial charge on any atom is 0.334 e. The van der Waals surface area contributed by atoms with Crippen LogP contribution in [0.3, 0.4) is 0 Å². The molecule has 0 bridgehead atoms.